The van der Waals surface area contributed by atoms with Gasteiger partial charge in [0.05, 0.1) is 11.1 Å². The van der Waals surface area contributed by atoms with Crippen molar-refractivity contribution in [3.63, 3.8) is 0 Å². The van der Waals surface area contributed by atoms with Crippen LogP contribution >= 0.6 is 0 Å². The molecule has 5 N–H and O–H groups in total. The van der Waals surface area contributed by atoms with Crippen LogP contribution in [0.2, 0.25) is 0 Å². The van der Waals surface area contributed by atoms with E-state index in [0.717, 1.165) is 0 Å². The Morgan fingerprint density at radius 3 is 1.48 bits per heavy atom. The van der Waals surface area contributed by atoms with Gasteiger partial charge in [0, 0.05) is 0 Å². The van der Waals surface area contributed by atoms with E-state index < -0.39 is 24.1 Å². The molecule has 1 aliphatic heterocycles. The van der Waals surface area contributed by atoms with Gasteiger partial charge in [-0.1, -0.05) is 12.1 Å². The van der Waals surface area contributed by atoms with E-state index in [1.54, 1.807) is 24.3 Å². The third kappa shape index (κ3) is 3.84. The van der Waals surface area contributed by atoms with E-state index in [-0.39, 0.29) is 11.8 Å². The van der Waals surface area contributed by atoms with Crippen LogP contribution in [-0.4, -0.2) is 56.4 Å². The zero-order chi connectivity index (χ0) is 16.2. The lowest BCUT2D eigenvalue weighted by atomic mass is 10.1. The number of rotatable bonds is 3. The summed E-state index contributed by atoms with van der Waals surface area (Å²) < 4.78 is 0. The summed E-state index contributed by atoms with van der Waals surface area (Å²) in [6.07, 6.45) is -4.53. The average Bonchev–Trinajstić information content (AvgIpc) is 2.73. The normalized spacial score (nSPS) is 15.1. The van der Waals surface area contributed by atoms with Crippen molar-refractivity contribution in [1.82, 2.24) is 5.32 Å². The summed E-state index contributed by atoms with van der Waals surface area (Å²) in [5.74, 6) is -4.14. The Balaban J connectivity index is 0.000000212. The Kier molecular flexibility index (Phi) is 5.11. The van der Waals surface area contributed by atoms with Gasteiger partial charge in [0.25, 0.3) is 11.8 Å². The molecule has 2 amide bonds. The van der Waals surface area contributed by atoms with Crippen molar-refractivity contribution in [2.45, 2.75) is 12.2 Å². The molecule has 0 radical (unpaired) electrons. The van der Waals surface area contributed by atoms with Crippen molar-refractivity contribution in [2.75, 3.05) is 0 Å². The molecule has 0 saturated heterocycles. The lowest BCUT2D eigenvalue weighted by Crippen LogP contribution is -2.39. The number of imide groups is 1. The smallest absolute Gasteiger partial charge is 0.335 e. The number of fused-ring (bicyclic) bond motifs is 1. The molecule has 1 heterocycles. The molecule has 9 heteroatoms. The zero-order valence-corrected chi connectivity index (χ0v) is 10.4. The molecule has 21 heavy (non-hydrogen) atoms. The van der Waals surface area contributed by atoms with Crippen LogP contribution in [0.4, 0.5) is 0 Å². The number of aliphatic hydroxyl groups is 2. The number of nitrogens with one attached hydrogen (secondary N) is 1. The highest BCUT2D eigenvalue weighted by Gasteiger charge is 2.29. The van der Waals surface area contributed by atoms with Crippen molar-refractivity contribution in [3.05, 3.63) is 35.4 Å². The van der Waals surface area contributed by atoms with Crippen molar-refractivity contribution >= 4 is 23.8 Å². The maximum atomic E-state index is 10.9. The van der Waals surface area contributed by atoms with Gasteiger partial charge in [0.1, 0.15) is 0 Å². The zero-order valence-electron chi connectivity index (χ0n) is 10.4. The van der Waals surface area contributed by atoms with Gasteiger partial charge < -0.3 is 20.4 Å². The van der Waals surface area contributed by atoms with Crippen LogP contribution in [-0.2, 0) is 9.59 Å². The van der Waals surface area contributed by atoms with Crippen LogP contribution in [0.5, 0.6) is 0 Å². The highest BCUT2D eigenvalue weighted by molar-refractivity contribution is 6.21. The number of hydrogen-bond acceptors (Lipinski definition) is 6. The van der Waals surface area contributed by atoms with Crippen molar-refractivity contribution in [3.8, 4) is 0 Å². The lowest BCUT2D eigenvalue weighted by Gasteiger charge is -2.07. The summed E-state index contributed by atoms with van der Waals surface area (Å²) >= 11 is 0. The first-order valence-electron chi connectivity index (χ1n) is 5.52. The van der Waals surface area contributed by atoms with E-state index in [0.29, 0.717) is 11.1 Å². The number of aliphatic carboxylic acids is 2. The molecule has 1 aliphatic rings. The van der Waals surface area contributed by atoms with E-state index in [4.69, 9.17) is 20.4 Å². The lowest BCUT2D eigenvalue weighted by molar-refractivity contribution is -0.165. The van der Waals surface area contributed by atoms with Crippen LogP contribution in [0.25, 0.3) is 0 Å². The minimum atomic E-state index is -2.27. The number of carbonyl (C=O) groups excluding carboxylic acids is 2. The molecule has 0 saturated carbocycles. The molecular weight excluding hydrogens is 286 g/mol. The fourth-order valence-corrected chi connectivity index (χ4v) is 1.39. The molecule has 2 atom stereocenters. The fourth-order valence-electron chi connectivity index (χ4n) is 1.39. The average molecular weight is 297 g/mol. The molecule has 0 fully saturated rings. The van der Waals surface area contributed by atoms with Gasteiger partial charge >= 0.3 is 11.9 Å². The largest absolute Gasteiger partial charge is 0.479 e. The van der Waals surface area contributed by atoms with Crippen molar-refractivity contribution < 1.29 is 39.6 Å². The standard InChI is InChI=1S/C8H5NO2.C4H6O6/c10-7-5-3-1-2-4-6(5)8(11)9-7;5-1(3(7)8)2(6)4(9)10/h1-4H,(H,9,10,11);1-2,5-6H,(H,7,8)(H,9,10). The quantitative estimate of drug-likeness (QED) is 0.419. The second kappa shape index (κ2) is 6.59. The van der Waals surface area contributed by atoms with Crippen LogP contribution in [0.3, 0.4) is 0 Å². The highest BCUT2D eigenvalue weighted by Crippen LogP contribution is 2.13. The Bertz CT molecular complexity index is 546. The van der Waals surface area contributed by atoms with Crippen LogP contribution in [0, 0.1) is 0 Å². The van der Waals surface area contributed by atoms with Crippen molar-refractivity contribution in [1.29, 1.82) is 0 Å². The number of benzene rings is 1. The first-order chi connectivity index (χ1) is 9.75. The van der Waals surface area contributed by atoms with Crippen LogP contribution in [0.1, 0.15) is 20.7 Å². The van der Waals surface area contributed by atoms with Gasteiger partial charge in [0.15, 0.2) is 12.2 Å². The summed E-state index contributed by atoms with van der Waals surface area (Å²) in [5.41, 5.74) is 0.940. The molecule has 1 aromatic carbocycles. The van der Waals surface area contributed by atoms with E-state index in [1.807, 2.05) is 0 Å². The molecule has 9 nitrogen and oxygen atoms in total. The summed E-state index contributed by atoms with van der Waals surface area (Å²) in [6.45, 7) is 0. The number of hydrogen-bond donors (Lipinski definition) is 5. The Morgan fingerprint density at radius 1 is 0.857 bits per heavy atom. The topological polar surface area (TPSA) is 161 Å². The van der Waals surface area contributed by atoms with Gasteiger partial charge in [-0.25, -0.2) is 9.59 Å². The van der Waals surface area contributed by atoms with Crippen LogP contribution < -0.4 is 5.32 Å². The first-order valence-corrected chi connectivity index (χ1v) is 5.52. The van der Waals surface area contributed by atoms with Gasteiger partial charge in [0.2, 0.25) is 0 Å². The predicted molar refractivity (Wildman–Crippen MR) is 65.5 cm³/mol. The molecule has 112 valence electrons. The summed E-state index contributed by atoms with van der Waals surface area (Å²) in [7, 11) is 0. The number of aliphatic hydroxyl groups excluding tert-OH is 2. The molecule has 2 unspecified atom stereocenters. The Labute approximate surface area is 117 Å². The molecule has 0 aromatic heterocycles. The molecule has 0 bridgehead atoms. The number of carboxylic acid groups (broad SMARTS) is 2. The Morgan fingerprint density at radius 2 is 1.19 bits per heavy atom. The molecule has 0 spiro atoms. The van der Waals surface area contributed by atoms with Gasteiger partial charge in [-0.2, -0.15) is 0 Å². The molecular formula is C12H11NO8. The van der Waals surface area contributed by atoms with Gasteiger partial charge in [-0.05, 0) is 12.1 Å². The summed E-state index contributed by atoms with van der Waals surface area (Å²) in [4.78, 5) is 41.4. The SMILES string of the molecule is O=C(O)C(O)C(O)C(=O)O.O=C1NC(=O)c2ccccc21. The molecule has 1 aromatic rings. The summed E-state index contributed by atoms with van der Waals surface area (Å²) in [6, 6.07) is 6.74. The van der Waals surface area contributed by atoms with Gasteiger partial charge in [-0.3, -0.25) is 14.9 Å². The maximum absolute atomic E-state index is 10.9. The minimum Gasteiger partial charge on any atom is -0.479 e. The monoisotopic (exact) mass is 297 g/mol. The number of carboxylic acids is 2. The predicted octanol–water partition coefficient (Wildman–Crippen LogP) is -1.55. The molecule has 2 rings (SSSR count). The third-order valence-electron chi connectivity index (χ3n) is 2.45. The first kappa shape index (κ1) is 16.3. The van der Waals surface area contributed by atoms with E-state index in [9.17, 15) is 19.2 Å². The fraction of sp³-hybridized carbons (Fsp3) is 0.167. The van der Waals surface area contributed by atoms with E-state index in [2.05, 4.69) is 5.32 Å². The van der Waals surface area contributed by atoms with Crippen molar-refractivity contribution in [2.24, 2.45) is 0 Å². The number of amides is 2. The number of carbonyl (C=O) groups is 4. The second-order valence-corrected chi connectivity index (χ2v) is 3.89. The third-order valence-corrected chi connectivity index (χ3v) is 2.45. The van der Waals surface area contributed by atoms with E-state index >= 15 is 0 Å². The summed E-state index contributed by atoms with van der Waals surface area (Å²) in [5, 5.41) is 34.7. The van der Waals surface area contributed by atoms with Gasteiger partial charge in [-0.15, -0.1) is 0 Å². The minimum absolute atomic E-state index is 0.300. The second-order valence-electron chi connectivity index (χ2n) is 3.89. The van der Waals surface area contributed by atoms with E-state index in [1.165, 1.54) is 0 Å². The maximum Gasteiger partial charge on any atom is 0.335 e. The highest BCUT2D eigenvalue weighted by atomic mass is 16.4. The van der Waals surface area contributed by atoms with Crippen LogP contribution in [0.15, 0.2) is 24.3 Å². The Hall–Kier alpha value is -2.78. The molecule has 0 aliphatic carbocycles.